The highest BCUT2D eigenvalue weighted by Crippen LogP contribution is 2.10. The SMILES string of the molecule is O=C(OCc1ccccc1)S(=O)(=O)Cc1ccccc1. The smallest absolute Gasteiger partial charge is 0.425 e. The fourth-order valence-corrected chi connectivity index (χ4v) is 2.65. The van der Waals surface area contributed by atoms with Gasteiger partial charge in [0.2, 0.25) is 0 Å². The van der Waals surface area contributed by atoms with Crippen molar-refractivity contribution in [1.82, 2.24) is 0 Å². The first-order valence-corrected chi connectivity index (χ1v) is 7.70. The molecule has 2 aromatic carbocycles. The van der Waals surface area contributed by atoms with Crippen molar-refractivity contribution in [2.75, 3.05) is 0 Å². The van der Waals surface area contributed by atoms with E-state index < -0.39 is 15.1 Å². The van der Waals surface area contributed by atoms with Gasteiger partial charge >= 0.3 is 5.30 Å². The molecule has 0 aromatic heterocycles. The lowest BCUT2D eigenvalue weighted by molar-refractivity contribution is 0.165. The number of hydrogen-bond acceptors (Lipinski definition) is 4. The molecule has 0 atom stereocenters. The van der Waals surface area contributed by atoms with E-state index in [1.165, 1.54) is 0 Å². The maximum atomic E-state index is 11.8. The van der Waals surface area contributed by atoms with Gasteiger partial charge in [-0.3, -0.25) is 0 Å². The molecule has 104 valence electrons. The predicted molar refractivity (Wildman–Crippen MR) is 75.7 cm³/mol. The third kappa shape index (κ3) is 3.93. The van der Waals surface area contributed by atoms with Crippen LogP contribution in [0.1, 0.15) is 11.1 Å². The Bertz CT molecular complexity index is 664. The van der Waals surface area contributed by atoms with Crippen LogP contribution in [0.25, 0.3) is 0 Å². The van der Waals surface area contributed by atoms with E-state index >= 15 is 0 Å². The summed E-state index contributed by atoms with van der Waals surface area (Å²) in [6.07, 6.45) is 0. The Morgan fingerprint density at radius 1 is 0.850 bits per heavy atom. The number of ether oxygens (including phenoxy) is 1. The van der Waals surface area contributed by atoms with Gasteiger partial charge in [-0.15, -0.1) is 0 Å². The van der Waals surface area contributed by atoms with E-state index in [-0.39, 0.29) is 12.4 Å². The van der Waals surface area contributed by atoms with Gasteiger partial charge in [0.05, 0.1) is 5.75 Å². The van der Waals surface area contributed by atoms with Crippen molar-refractivity contribution in [2.45, 2.75) is 12.4 Å². The molecule has 0 heterocycles. The molecule has 0 saturated heterocycles. The van der Waals surface area contributed by atoms with Crippen LogP contribution in [0.5, 0.6) is 0 Å². The number of hydrogen-bond donors (Lipinski definition) is 0. The van der Waals surface area contributed by atoms with Crippen LogP contribution in [0.2, 0.25) is 0 Å². The molecule has 0 aliphatic heterocycles. The maximum Gasteiger partial charge on any atom is 0.425 e. The summed E-state index contributed by atoms with van der Waals surface area (Å²) in [7, 11) is -3.94. The van der Waals surface area contributed by atoms with E-state index in [9.17, 15) is 13.2 Å². The third-order valence-electron chi connectivity index (χ3n) is 2.65. The molecular formula is C15H14O4S. The van der Waals surface area contributed by atoms with Crippen molar-refractivity contribution < 1.29 is 17.9 Å². The second kappa shape index (κ2) is 6.34. The number of benzene rings is 2. The summed E-state index contributed by atoms with van der Waals surface area (Å²) >= 11 is 0. The molecule has 20 heavy (non-hydrogen) atoms. The van der Waals surface area contributed by atoms with Gasteiger partial charge in [0, 0.05) is 0 Å². The van der Waals surface area contributed by atoms with E-state index in [4.69, 9.17) is 4.74 Å². The molecule has 2 rings (SSSR count). The van der Waals surface area contributed by atoms with Gasteiger partial charge in [-0.2, -0.15) is 0 Å². The lowest BCUT2D eigenvalue weighted by Crippen LogP contribution is -2.18. The van der Waals surface area contributed by atoms with Crippen LogP contribution < -0.4 is 0 Å². The molecule has 2 aromatic rings. The molecule has 0 amide bonds. The summed E-state index contributed by atoms with van der Waals surface area (Å²) in [6.45, 7) is -0.0479. The molecule has 0 aliphatic carbocycles. The first-order valence-electron chi connectivity index (χ1n) is 6.05. The van der Waals surface area contributed by atoms with Crippen LogP contribution in [-0.2, 0) is 26.9 Å². The molecule has 5 heteroatoms. The summed E-state index contributed by atoms with van der Waals surface area (Å²) in [5.41, 5.74) is 1.31. The number of carbonyl (C=O) groups is 1. The van der Waals surface area contributed by atoms with E-state index in [1.807, 2.05) is 6.07 Å². The maximum absolute atomic E-state index is 11.8. The van der Waals surface area contributed by atoms with Crippen molar-refractivity contribution in [2.24, 2.45) is 0 Å². The van der Waals surface area contributed by atoms with Gasteiger partial charge in [-0.25, -0.2) is 13.2 Å². The second-order valence-electron chi connectivity index (χ2n) is 4.27. The summed E-state index contributed by atoms with van der Waals surface area (Å²) in [5, 5.41) is -1.19. The Labute approximate surface area is 117 Å². The number of rotatable bonds is 4. The van der Waals surface area contributed by atoms with Crippen LogP contribution in [0.4, 0.5) is 4.79 Å². The third-order valence-corrected chi connectivity index (χ3v) is 3.99. The van der Waals surface area contributed by atoms with E-state index in [1.54, 1.807) is 54.6 Å². The van der Waals surface area contributed by atoms with Crippen LogP contribution in [0.3, 0.4) is 0 Å². The molecular weight excluding hydrogens is 276 g/mol. The summed E-state index contributed by atoms with van der Waals surface area (Å²) in [5.74, 6) is -0.346. The summed E-state index contributed by atoms with van der Waals surface area (Å²) in [6, 6.07) is 17.5. The minimum absolute atomic E-state index is 0.0479. The molecule has 0 radical (unpaired) electrons. The first-order chi connectivity index (χ1) is 9.58. The molecule has 0 bridgehead atoms. The van der Waals surface area contributed by atoms with Crippen LogP contribution >= 0.6 is 0 Å². The Balaban J connectivity index is 1.97. The average Bonchev–Trinajstić information content (AvgIpc) is 2.46. The van der Waals surface area contributed by atoms with Gasteiger partial charge in [0.1, 0.15) is 6.61 Å². The highest BCUT2D eigenvalue weighted by molar-refractivity contribution is 8.05. The van der Waals surface area contributed by atoms with Crippen molar-refractivity contribution in [1.29, 1.82) is 0 Å². The van der Waals surface area contributed by atoms with Crippen molar-refractivity contribution >= 4 is 15.1 Å². The van der Waals surface area contributed by atoms with Crippen molar-refractivity contribution in [3.63, 3.8) is 0 Å². The standard InChI is InChI=1S/C15H14O4S/c16-15(19-11-13-7-3-1-4-8-13)20(17,18)12-14-9-5-2-6-10-14/h1-10H,11-12H2. The van der Waals surface area contributed by atoms with Gasteiger partial charge < -0.3 is 4.74 Å². The highest BCUT2D eigenvalue weighted by atomic mass is 32.2. The molecule has 0 saturated carbocycles. The Morgan fingerprint density at radius 2 is 1.35 bits per heavy atom. The molecule has 0 aliphatic rings. The Morgan fingerprint density at radius 3 is 1.90 bits per heavy atom. The number of sulfone groups is 1. The van der Waals surface area contributed by atoms with Crippen LogP contribution in [0.15, 0.2) is 60.7 Å². The zero-order valence-electron chi connectivity index (χ0n) is 10.7. The fraction of sp³-hybridized carbons (Fsp3) is 0.133. The van der Waals surface area contributed by atoms with Crippen molar-refractivity contribution in [3.8, 4) is 0 Å². The lowest BCUT2D eigenvalue weighted by atomic mass is 10.2. The van der Waals surface area contributed by atoms with E-state index in [2.05, 4.69) is 0 Å². The van der Waals surface area contributed by atoms with Crippen LogP contribution in [0, 0.1) is 0 Å². The molecule has 0 spiro atoms. The van der Waals surface area contributed by atoms with Gasteiger partial charge in [0.15, 0.2) is 0 Å². The van der Waals surface area contributed by atoms with E-state index in [0.29, 0.717) is 5.56 Å². The Hall–Kier alpha value is -2.14. The zero-order chi connectivity index (χ0) is 14.4. The largest absolute Gasteiger partial charge is 0.449 e. The topological polar surface area (TPSA) is 60.4 Å². The van der Waals surface area contributed by atoms with E-state index in [0.717, 1.165) is 5.56 Å². The molecule has 0 unspecified atom stereocenters. The summed E-state index contributed by atoms with van der Waals surface area (Å²) < 4.78 is 28.5. The second-order valence-corrected chi connectivity index (χ2v) is 6.12. The highest BCUT2D eigenvalue weighted by Gasteiger charge is 2.24. The quantitative estimate of drug-likeness (QED) is 0.812. The number of carbonyl (C=O) groups excluding carboxylic acids is 1. The summed E-state index contributed by atoms with van der Waals surface area (Å²) in [4.78, 5) is 11.6. The lowest BCUT2D eigenvalue weighted by Gasteiger charge is -2.06. The van der Waals surface area contributed by atoms with Gasteiger partial charge in [0.25, 0.3) is 9.84 Å². The van der Waals surface area contributed by atoms with Gasteiger partial charge in [-0.05, 0) is 11.1 Å². The first kappa shape index (κ1) is 14.3. The van der Waals surface area contributed by atoms with Crippen LogP contribution in [-0.4, -0.2) is 13.7 Å². The fourth-order valence-electron chi connectivity index (χ4n) is 1.66. The predicted octanol–water partition coefficient (Wildman–Crippen LogP) is 2.94. The minimum atomic E-state index is -3.94. The molecule has 0 fully saturated rings. The Kier molecular flexibility index (Phi) is 4.53. The normalized spacial score (nSPS) is 11.0. The molecule has 0 N–H and O–H groups in total. The zero-order valence-corrected chi connectivity index (χ0v) is 11.5. The van der Waals surface area contributed by atoms with Crippen molar-refractivity contribution in [3.05, 3.63) is 71.8 Å². The monoisotopic (exact) mass is 290 g/mol. The molecule has 4 nitrogen and oxygen atoms in total. The average molecular weight is 290 g/mol. The minimum Gasteiger partial charge on any atom is -0.449 e. The van der Waals surface area contributed by atoms with Gasteiger partial charge in [-0.1, -0.05) is 60.7 Å².